The molecule has 106 valence electrons. The van der Waals surface area contributed by atoms with Crippen molar-refractivity contribution in [2.24, 2.45) is 0 Å². The number of nitrogens with one attached hydrogen (secondary N) is 1. The van der Waals surface area contributed by atoms with Crippen molar-refractivity contribution in [1.82, 2.24) is 9.97 Å². The number of rotatable bonds is 4. The minimum atomic E-state index is -0.241. The van der Waals surface area contributed by atoms with Gasteiger partial charge in [-0.25, -0.2) is 0 Å². The second kappa shape index (κ2) is 5.64. The fourth-order valence-electron chi connectivity index (χ4n) is 1.71. The number of anilines is 2. The summed E-state index contributed by atoms with van der Waals surface area (Å²) in [5.41, 5.74) is 7.10. The Morgan fingerprint density at radius 1 is 1.35 bits per heavy atom. The van der Waals surface area contributed by atoms with E-state index >= 15 is 0 Å². The quantitative estimate of drug-likeness (QED) is 0.830. The maximum absolute atomic E-state index is 11.5. The number of ether oxygens (including phenoxy) is 1. The molecule has 3 N–H and O–H groups in total. The number of nitrogens with zero attached hydrogens (tertiary/aromatic N) is 2. The minimum Gasteiger partial charge on any atom is -0.437 e. The van der Waals surface area contributed by atoms with E-state index in [1.165, 1.54) is 6.07 Å². The Hall–Kier alpha value is -2.50. The third kappa shape index (κ3) is 3.09. The van der Waals surface area contributed by atoms with Crippen molar-refractivity contribution < 1.29 is 4.74 Å². The largest absolute Gasteiger partial charge is 0.437 e. The summed E-state index contributed by atoms with van der Waals surface area (Å²) in [5.74, 6) is 1.30. The Labute approximate surface area is 117 Å². The molecular weight excluding hydrogens is 256 g/mol. The van der Waals surface area contributed by atoms with Crippen molar-refractivity contribution in [1.29, 1.82) is 0 Å². The first kappa shape index (κ1) is 13.9. The predicted octanol–water partition coefficient (Wildman–Crippen LogP) is 1.77. The van der Waals surface area contributed by atoms with Crippen molar-refractivity contribution in [2.75, 3.05) is 24.7 Å². The molecule has 0 aliphatic heterocycles. The number of aryl methyl sites for hydroxylation is 1. The molecule has 0 saturated carbocycles. The molecule has 0 unspecified atom stereocenters. The molecule has 1 aromatic heterocycles. The van der Waals surface area contributed by atoms with Crippen LogP contribution in [0.25, 0.3) is 0 Å². The van der Waals surface area contributed by atoms with Gasteiger partial charge in [-0.3, -0.25) is 4.79 Å². The number of aromatic nitrogens is 2. The van der Waals surface area contributed by atoms with Crippen LogP contribution in [0.4, 0.5) is 11.4 Å². The molecule has 6 heteroatoms. The van der Waals surface area contributed by atoms with E-state index in [0.29, 0.717) is 23.7 Å². The normalized spacial score (nSPS) is 10.3. The van der Waals surface area contributed by atoms with Gasteiger partial charge in [0.15, 0.2) is 5.75 Å². The van der Waals surface area contributed by atoms with E-state index in [0.717, 1.165) is 5.69 Å². The summed E-state index contributed by atoms with van der Waals surface area (Å²) in [4.78, 5) is 20.3. The molecule has 1 aromatic carbocycles. The second-order valence-electron chi connectivity index (χ2n) is 4.60. The van der Waals surface area contributed by atoms with Crippen LogP contribution in [0.2, 0.25) is 0 Å². The molecule has 0 fully saturated rings. The molecule has 0 atom stereocenters. The van der Waals surface area contributed by atoms with Crippen LogP contribution in [0, 0.1) is 0 Å². The van der Waals surface area contributed by atoms with E-state index in [1.807, 2.05) is 38.1 Å². The Kier molecular flexibility index (Phi) is 3.93. The zero-order valence-electron chi connectivity index (χ0n) is 11.8. The molecule has 0 spiro atoms. The lowest BCUT2D eigenvalue weighted by molar-refractivity contribution is 0.460. The van der Waals surface area contributed by atoms with Gasteiger partial charge >= 0.3 is 0 Å². The molecule has 0 aliphatic carbocycles. The van der Waals surface area contributed by atoms with Gasteiger partial charge < -0.3 is 20.4 Å². The highest BCUT2D eigenvalue weighted by atomic mass is 16.5. The molecule has 2 aromatic rings. The summed E-state index contributed by atoms with van der Waals surface area (Å²) < 4.78 is 5.64. The van der Waals surface area contributed by atoms with Gasteiger partial charge in [0.1, 0.15) is 5.82 Å². The van der Waals surface area contributed by atoms with Gasteiger partial charge in [0.05, 0.1) is 11.8 Å². The summed E-state index contributed by atoms with van der Waals surface area (Å²) in [5, 5.41) is 0. The van der Waals surface area contributed by atoms with E-state index in [4.69, 9.17) is 10.5 Å². The van der Waals surface area contributed by atoms with Crippen molar-refractivity contribution >= 4 is 11.4 Å². The molecule has 1 heterocycles. The Morgan fingerprint density at radius 3 is 2.75 bits per heavy atom. The fourth-order valence-corrected chi connectivity index (χ4v) is 1.71. The standard InChI is InChI=1S/C14H18N4O2/c1-4-12-16-13(19)8-14(17-12)20-11-7-9(18(2)3)5-6-10(11)15/h5-8H,4,15H2,1-3H3,(H,16,17,19). The zero-order chi connectivity index (χ0) is 14.7. The van der Waals surface area contributed by atoms with Crippen LogP contribution < -0.4 is 20.9 Å². The van der Waals surface area contributed by atoms with Crippen LogP contribution in [0.5, 0.6) is 11.6 Å². The highest BCUT2D eigenvalue weighted by molar-refractivity contribution is 5.62. The number of hydrogen-bond acceptors (Lipinski definition) is 5. The van der Waals surface area contributed by atoms with Crippen LogP contribution in [-0.4, -0.2) is 24.1 Å². The summed E-state index contributed by atoms with van der Waals surface area (Å²) in [7, 11) is 3.85. The average Bonchev–Trinajstić information content (AvgIpc) is 2.40. The van der Waals surface area contributed by atoms with Gasteiger partial charge in [0, 0.05) is 32.3 Å². The molecule has 20 heavy (non-hydrogen) atoms. The lowest BCUT2D eigenvalue weighted by atomic mass is 10.2. The van der Waals surface area contributed by atoms with Crippen molar-refractivity contribution in [3.8, 4) is 11.6 Å². The number of nitrogens with two attached hydrogens (primary N) is 1. The number of benzene rings is 1. The molecule has 0 radical (unpaired) electrons. The first-order valence-corrected chi connectivity index (χ1v) is 6.34. The number of hydrogen-bond donors (Lipinski definition) is 2. The SMILES string of the molecule is CCc1nc(Oc2cc(N(C)C)ccc2N)cc(=O)[nH]1. The van der Waals surface area contributed by atoms with E-state index in [2.05, 4.69) is 9.97 Å². The van der Waals surface area contributed by atoms with E-state index in [9.17, 15) is 4.79 Å². The smallest absolute Gasteiger partial charge is 0.254 e. The minimum absolute atomic E-state index is 0.241. The van der Waals surface area contributed by atoms with Crippen LogP contribution in [0.15, 0.2) is 29.1 Å². The molecule has 0 bridgehead atoms. The predicted molar refractivity (Wildman–Crippen MR) is 79.5 cm³/mol. The molecule has 0 amide bonds. The highest BCUT2D eigenvalue weighted by Gasteiger charge is 2.08. The van der Waals surface area contributed by atoms with Crippen LogP contribution in [0.1, 0.15) is 12.7 Å². The lowest BCUT2D eigenvalue weighted by Crippen LogP contribution is -2.11. The monoisotopic (exact) mass is 274 g/mol. The van der Waals surface area contributed by atoms with Crippen LogP contribution in [0.3, 0.4) is 0 Å². The third-order valence-electron chi connectivity index (χ3n) is 2.83. The van der Waals surface area contributed by atoms with Gasteiger partial charge in [-0.15, -0.1) is 0 Å². The summed E-state index contributed by atoms with van der Waals surface area (Å²) in [6.07, 6.45) is 0.625. The third-order valence-corrected chi connectivity index (χ3v) is 2.83. The fraction of sp³-hybridized carbons (Fsp3) is 0.286. The molecule has 2 rings (SSSR count). The first-order chi connectivity index (χ1) is 9.49. The van der Waals surface area contributed by atoms with Gasteiger partial charge in [-0.05, 0) is 12.1 Å². The molecule has 0 aliphatic rings. The topological polar surface area (TPSA) is 84.2 Å². The van der Waals surface area contributed by atoms with Crippen LogP contribution in [-0.2, 0) is 6.42 Å². The number of nitrogen functional groups attached to an aromatic ring is 1. The van der Waals surface area contributed by atoms with Crippen LogP contribution >= 0.6 is 0 Å². The van der Waals surface area contributed by atoms with Gasteiger partial charge in [0.2, 0.25) is 5.88 Å². The summed E-state index contributed by atoms with van der Waals surface area (Å²) in [6.45, 7) is 1.91. The highest BCUT2D eigenvalue weighted by Crippen LogP contribution is 2.29. The molecule has 6 nitrogen and oxygen atoms in total. The Balaban J connectivity index is 2.36. The lowest BCUT2D eigenvalue weighted by Gasteiger charge is -2.15. The Bertz CT molecular complexity index is 664. The van der Waals surface area contributed by atoms with Crippen molar-refractivity contribution in [3.05, 3.63) is 40.4 Å². The summed E-state index contributed by atoms with van der Waals surface area (Å²) >= 11 is 0. The van der Waals surface area contributed by atoms with E-state index < -0.39 is 0 Å². The van der Waals surface area contributed by atoms with E-state index in [-0.39, 0.29) is 11.4 Å². The zero-order valence-corrected chi connectivity index (χ0v) is 11.8. The molecule has 0 saturated heterocycles. The second-order valence-corrected chi connectivity index (χ2v) is 4.60. The maximum Gasteiger partial charge on any atom is 0.254 e. The first-order valence-electron chi connectivity index (χ1n) is 6.34. The molecular formula is C14H18N4O2. The van der Waals surface area contributed by atoms with Gasteiger partial charge in [0.25, 0.3) is 5.56 Å². The van der Waals surface area contributed by atoms with E-state index in [1.54, 1.807) is 6.07 Å². The number of aromatic amines is 1. The van der Waals surface area contributed by atoms with Gasteiger partial charge in [-0.2, -0.15) is 4.98 Å². The van der Waals surface area contributed by atoms with Crippen molar-refractivity contribution in [2.45, 2.75) is 13.3 Å². The summed E-state index contributed by atoms with van der Waals surface area (Å²) in [6, 6.07) is 6.77. The average molecular weight is 274 g/mol. The van der Waals surface area contributed by atoms with Crippen molar-refractivity contribution in [3.63, 3.8) is 0 Å². The maximum atomic E-state index is 11.5. The number of H-pyrrole nitrogens is 1. The Morgan fingerprint density at radius 2 is 2.10 bits per heavy atom. The van der Waals surface area contributed by atoms with Gasteiger partial charge in [-0.1, -0.05) is 6.92 Å².